The van der Waals surface area contributed by atoms with Gasteiger partial charge in [-0.1, -0.05) is 12.8 Å². The average molecular weight is 320 g/mol. The lowest BCUT2D eigenvalue weighted by Crippen LogP contribution is -2.20. The summed E-state index contributed by atoms with van der Waals surface area (Å²) >= 11 is 0. The van der Waals surface area contributed by atoms with Gasteiger partial charge in [0.15, 0.2) is 5.82 Å². The van der Waals surface area contributed by atoms with Crippen molar-refractivity contribution in [3.8, 4) is 0 Å². The topological polar surface area (TPSA) is 71.2 Å². The number of aromatic nitrogens is 3. The SMILES string of the molecule is Cn1ccc(N(CCCCCCC(=O)O)c2ccc(F)cn2)n1. The second kappa shape index (κ2) is 8.26. The summed E-state index contributed by atoms with van der Waals surface area (Å²) in [7, 11) is 1.84. The molecule has 23 heavy (non-hydrogen) atoms. The highest BCUT2D eigenvalue weighted by atomic mass is 19.1. The van der Waals surface area contributed by atoms with Gasteiger partial charge < -0.3 is 10.0 Å². The van der Waals surface area contributed by atoms with Crippen LogP contribution in [0.4, 0.5) is 16.0 Å². The first-order valence-corrected chi connectivity index (χ1v) is 7.67. The van der Waals surface area contributed by atoms with E-state index in [9.17, 15) is 9.18 Å². The van der Waals surface area contributed by atoms with Crippen LogP contribution in [0.3, 0.4) is 0 Å². The highest BCUT2D eigenvalue weighted by Gasteiger charge is 2.13. The predicted molar refractivity (Wildman–Crippen MR) is 85.1 cm³/mol. The maximum atomic E-state index is 13.1. The van der Waals surface area contributed by atoms with E-state index in [2.05, 4.69) is 10.1 Å². The Labute approximate surface area is 134 Å². The molecule has 0 saturated carbocycles. The molecule has 0 bridgehead atoms. The third kappa shape index (κ3) is 5.36. The minimum atomic E-state index is -0.754. The Balaban J connectivity index is 1.95. The van der Waals surface area contributed by atoms with E-state index in [1.807, 2.05) is 24.2 Å². The van der Waals surface area contributed by atoms with E-state index < -0.39 is 5.97 Å². The number of aryl methyl sites for hydroxylation is 1. The lowest BCUT2D eigenvalue weighted by Gasteiger charge is -2.21. The second-order valence-electron chi connectivity index (χ2n) is 5.39. The normalized spacial score (nSPS) is 10.7. The number of hydrogen-bond acceptors (Lipinski definition) is 4. The van der Waals surface area contributed by atoms with E-state index in [1.165, 1.54) is 12.3 Å². The first-order valence-electron chi connectivity index (χ1n) is 7.67. The van der Waals surface area contributed by atoms with Gasteiger partial charge in [0.2, 0.25) is 0 Å². The van der Waals surface area contributed by atoms with Gasteiger partial charge in [0, 0.05) is 32.3 Å². The summed E-state index contributed by atoms with van der Waals surface area (Å²) in [5.74, 6) is 0.284. The Morgan fingerprint density at radius 1 is 1.22 bits per heavy atom. The first kappa shape index (κ1) is 16.9. The van der Waals surface area contributed by atoms with Crippen molar-refractivity contribution in [1.82, 2.24) is 14.8 Å². The van der Waals surface area contributed by atoms with Gasteiger partial charge in [0.05, 0.1) is 6.20 Å². The van der Waals surface area contributed by atoms with Crippen LogP contribution in [0, 0.1) is 5.82 Å². The van der Waals surface area contributed by atoms with E-state index in [0.29, 0.717) is 18.8 Å². The Morgan fingerprint density at radius 3 is 2.61 bits per heavy atom. The van der Waals surface area contributed by atoms with Crippen LogP contribution >= 0.6 is 0 Å². The molecule has 6 nitrogen and oxygen atoms in total. The van der Waals surface area contributed by atoms with Crippen molar-refractivity contribution in [3.05, 3.63) is 36.4 Å². The monoisotopic (exact) mass is 320 g/mol. The number of aliphatic carboxylic acids is 1. The number of halogens is 1. The molecule has 2 heterocycles. The summed E-state index contributed by atoms with van der Waals surface area (Å²) in [4.78, 5) is 16.5. The van der Waals surface area contributed by atoms with Gasteiger partial charge in [-0.3, -0.25) is 9.48 Å². The van der Waals surface area contributed by atoms with Crippen molar-refractivity contribution >= 4 is 17.6 Å². The molecular formula is C16H21FN4O2. The highest BCUT2D eigenvalue weighted by molar-refractivity contribution is 5.66. The molecule has 0 aliphatic heterocycles. The van der Waals surface area contributed by atoms with Crippen molar-refractivity contribution in [1.29, 1.82) is 0 Å². The quantitative estimate of drug-likeness (QED) is 0.719. The molecule has 2 aromatic heterocycles. The Kier molecular flexibility index (Phi) is 6.08. The fraction of sp³-hybridized carbons (Fsp3) is 0.438. The fourth-order valence-corrected chi connectivity index (χ4v) is 2.32. The molecule has 0 unspecified atom stereocenters. The molecule has 124 valence electrons. The van der Waals surface area contributed by atoms with E-state index >= 15 is 0 Å². The van der Waals surface area contributed by atoms with Crippen LogP contribution in [0.1, 0.15) is 32.1 Å². The molecule has 0 spiro atoms. The highest BCUT2D eigenvalue weighted by Crippen LogP contribution is 2.22. The summed E-state index contributed by atoms with van der Waals surface area (Å²) in [5.41, 5.74) is 0. The predicted octanol–water partition coefficient (Wildman–Crippen LogP) is 3.13. The molecule has 7 heteroatoms. The lowest BCUT2D eigenvalue weighted by atomic mass is 10.1. The van der Waals surface area contributed by atoms with Gasteiger partial charge in [-0.25, -0.2) is 9.37 Å². The van der Waals surface area contributed by atoms with Gasteiger partial charge in [-0.15, -0.1) is 0 Å². The minimum absolute atomic E-state index is 0.212. The third-order valence-electron chi connectivity index (χ3n) is 3.49. The number of carboxylic acids is 1. The number of rotatable bonds is 9. The molecule has 0 fully saturated rings. The van der Waals surface area contributed by atoms with Crippen LogP contribution in [0.2, 0.25) is 0 Å². The summed E-state index contributed by atoms with van der Waals surface area (Å²) in [6.45, 7) is 0.697. The van der Waals surface area contributed by atoms with Gasteiger partial charge in [0.1, 0.15) is 11.6 Å². The van der Waals surface area contributed by atoms with Crippen LogP contribution in [0.5, 0.6) is 0 Å². The van der Waals surface area contributed by atoms with E-state index in [0.717, 1.165) is 25.1 Å². The largest absolute Gasteiger partial charge is 0.481 e. The van der Waals surface area contributed by atoms with Gasteiger partial charge in [0.25, 0.3) is 0 Å². The zero-order valence-corrected chi connectivity index (χ0v) is 13.2. The van der Waals surface area contributed by atoms with Crippen molar-refractivity contribution in [2.45, 2.75) is 32.1 Å². The number of unbranched alkanes of at least 4 members (excludes halogenated alkanes) is 3. The van der Waals surface area contributed by atoms with E-state index in [1.54, 1.807) is 10.7 Å². The number of pyridine rings is 1. The number of carbonyl (C=O) groups is 1. The van der Waals surface area contributed by atoms with Crippen LogP contribution in [0.15, 0.2) is 30.6 Å². The fourth-order valence-electron chi connectivity index (χ4n) is 2.32. The van der Waals surface area contributed by atoms with E-state index in [-0.39, 0.29) is 12.2 Å². The van der Waals surface area contributed by atoms with Gasteiger partial charge in [-0.05, 0) is 25.0 Å². The number of nitrogens with zero attached hydrogens (tertiary/aromatic N) is 4. The molecule has 0 aromatic carbocycles. The van der Waals surface area contributed by atoms with Gasteiger partial charge >= 0.3 is 5.97 Å². The number of anilines is 2. The van der Waals surface area contributed by atoms with Crippen LogP contribution in [-0.2, 0) is 11.8 Å². The standard InChI is InChI=1S/C16H21FN4O2/c1-20-11-9-15(19-20)21(14-8-7-13(17)12-18-14)10-5-3-2-4-6-16(22)23/h7-9,11-12H,2-6,10H2,1H3,(H,22,23). The molecule has 2 rings (SSSR count). The number of carboxylic acid groups (broad SMARTS) is 1. The molecule has 0 atom stereocenters. The zero-order valence-electron chi connectivity index (χ0n) is 13.2. The van der Waals surface area contributed by atoms with Gasteiger partial charge in [-0.2, -0.15) is 5.10 Å². The molecular weight excluding hydrogens is 299 g/mol. The summed E-state index contributed by atoms with van der Waals surface area (Å²) < 4.78 is 14.8. The van der Waals surface area contributed by atoms with Crippen molar-refractivity contribution in [2.75, 3.05) is 11.4 Å². The zero-order chi connectivity index (χ0) is 16.7. The first-order chi connectivity index (χ1) is 11.1. The lowest BCUT2D eigenvalue weighted by molar-refractivity contribution is -0.137. The van der Waals surface area contributed by atoms with Crippen LogP contribution in [-0.4, -0.2) is 32.4 Å². The molecule has 0 amide bonds. The molecule has 0 aliphatic carbocycles. The van der Waals surface area contributed by atoms with Crippen LogP contribution < -0.4 is 4.90 Å². The summed E-state index contributed by atoms with van der Waals surface area (Å²) in [6, 6.07) is 4.90. The Hall–Kier alpha value is -2.44. The van der Waals surface area contributed by atoms with Crippen molar-refractivity contribution in [2.24, 2.45) is 7.05 Å². The third-order valence-corrected chi connectivity index (χ3v) is 3.49. The molecule has 0 saturated heterocycles. The molecule has 0 aliphatic rings. The maximum absolute atomic E-state index is 13.1. The maximum Gasteiger partial charge on any atom is 0.303 e. The second-order valence-corrected chi connectivity index (χ2v) is 5.39. The minimum Gasteiger partial charge on any atom is -0.481 e. The number of hydrogen-bond donors (Lipinski definition) is 1. The summed E-state index contributed by atoms with van der Waals surface area (Å²) in [6.07, 6.45) is 6.63. The van der Waals surface area contributed by atoms with Crippen molar-refractivity contribution in [3.63, 3.8) is 0 Å². The smallest absolute Gasteiger partial charge is 0.303 e. The Bertz CT molecular complexity index is 627. The molecule has 1 N–H and O–H groups in total. The van der Waals surface area contributed by atoms with E-state index in [4.69, 9.17) is 5.11 Å². The summed E-state index contributed by atoms with van der Waals surface area (Å²) in [5, 5.41) is 13.0. The van der Waals surface area contributed by atoms with Crippen molar-refractivity contribution < 1.29 is 14.3 Å². The molecule has 2 aromatic rings. The Morgan fingerprint density at radius 2 is 2.00 bits per heavy atom. The molecule has 0 radical (unpaired) electrons. The van der Waals surface area contributed by atoms with Crippen LogP contribution in [0.25, 0.3) is 0 Å². The average Bonchev–Trinajstić information content (AvgIpc) is 2.94.